The molecule has 0 aliphatic heterocycles. The molecule has 2 aromatic rings. The molecule has 0 fully saturated rings. The van der Waals surface area contributed by atoms with Crippen molar-refractivity contribution in [2.24, 2.45) is 4.99 Å². The highest BCUT2D eigenvalue weighted by Gasteiger charge is 2.19. The molecule has 0 spiro atoms. The lowest BCUT2D eigenvalue weighted by Crippen LogP contribution is -2.36. The summed E-state index contributed by atoms with van der Waals surface area (Å²) < 4.78 is 11.3. The van der Waals surface area contributed by atoms with Gasteiger partial charge in [-0.15, -0.1) is 24.0 Å². The number of oxazole rings is 2. The third-order valence-corrected chi connectivity index (χ3v) is 3.40. The number of aliphatic imine (C=N–C) groups is 1. The van der Waals surface area contributed by atoms with E-state index < -0.39 is 0 Å². The van der Waals surface area contributed by atoms with E-state index in [1.807, 2.05) is 13.8 Å². The van der Waals surface area contributed by atoms with Crippen LogP contribution in [0.2, 0.25) is 0 Å². The summed E-state index contributed by atoms with van der Waals surface area (Å²) in [6.07, 6.45) is 1.77. The molecule has 0 amide bonds. The third kappa shape index (κ3) is 5.50. The van der Waals surface area contributed by atoms with Crippen molar-refractivity contribution in [2.75, 3.05) is 7.05 Å². The number of nitrogens with zero attached hydrogens (tertiary/aromatic N) is 3. The van der Waals surface area contributed by atoms with E-state index in [9.17, 15) is 0 Å². The number of aryl methyl sites for hydroxylation is 2. The number of aromatic nitrogens is 2. The molecule has 8 heteroatoms. The second-order valence-electron chi connectivity index (χ2n) is 6.40. The fraction of sp³-hybridized carbons (Fsp3) is 0.562. The first-order chi connectivity index (χ1) is 10.8. The lowest BCUT2D eigenvalue weighted by molar-refractivity contribution is 0.379. The van der Waals surface area contributed by atoms with E-state index in [2.05, 4.69) is 46.4 Å². The van der Waals surface area contributed by atoms with Crippen LogP contribution in [-0.2, 0) is 18.5 Å². The summed E-state index contributed by atoms with van der Waals surface area (Å²) >= 11 is 0. The largest absolute Gasteiger partial charge is 0.444 e. The molecule has 7 nitrogen and oxygen atoms in total. The van der Waals surface area contributed by atoms with Crippen molar-refractivity contribution < 1.29 is 8.83 Å². The lowest BCUT2D eigenvalue weighted by Gasteiger charge is -2.13. The van der Waals surface area contributed by atoms with Gasteiger partial charge < -0.3 is 19.5 Å². The molecule has 0 aliphatic carbocycles. The van der Waals surface area contributed by atoms with Crippen molar-refractivity contribution in [2.45, 2.75) is 53.1 Å². The van der Waals surface area contributed by atoms with Gasteiger partial charge in [0.05, 0.1) is 25.0 Å². The Kier molecular flexibility index (Phi) is 7.25. The summed E-state index contributed by atoms with van der Waals surface area (Å²) in [6, 6.07) is 0. The topological polar surface area (TPSA) is 88.5 Å². The first kappa shape index (κ1) is 20.5. The summed E-state index contributed by atoms with van der Waals surface area (Å²) in [7, 11) is 1.71. The SMILES string of the molecule is CN=C(NCc1ncc(C(C)(C)C)o1)NCc1nc(C)c(C)o1.I. The minimum absolute atomic E-state index is 0. The van der Waals surface area contributed by atoms with Crippen molar-refractivity contribution >= 4 is 29.9 Å². The fourth-order valence-electron chi connectivity index (χ4n) is 1.89. The predicted molar refractivity (Wildman–Crippen MR) is 104 cm³/mol. The molecule has 0 saturated heterocycles. The van der Waals surface area contributed by atoms with Gasteiger partial charge in [0.2, 0.25) is 11.8 Å². The summed E-state index contributed by atoms with van der Waals surface area (Å²) in [5.41, 5.74) is 0.852. The minimum Gasteiger partial charge on any atom is -0.444 e. The first-order valence-corrected chi connectivity index (χ1v) is 7.62. The van der Waals surface area contributed by atoms with Crippen LogP contribution in [0.5, 0.6) is 0 Å². The number of guanidine groups is 1. The van der Waals surface area contributed by atoms with Crippen LogP contribution < -0.4 is 10.6 Å². The molecule has 2 aromatic heterocycles. The van der Waals surface area contributed by atoms with E-state index in [1.165, 1.54) is 0 Å². The highest BCUT2D eigenvalue weighted by molar-refractivity contribution is 14.0. The molecule has 0 bridgehead atoms. The lowest BCUT2D eigenvalue weighted by atomic mass is 9.94. The Hall–Kier alpha value is -1.58. The van der Waals surface area contributed by atoms with E-state index in [1.54, 1.807) is 13.2 Å². The maximum Gasteiger partial charge on any atom is 0.214 e. The van der Waals surface area contributed by atoms with Crippen LogP contribution >= 0.6 is 24.0 Å². The maximum absolute atomic E-state index is 5.74. The molecule has 0 aliphatic rings. The summed E-state index contributed by atoms with van der Waals surface area (Å²) in [5.74, 6) is 3.59. The maximum atomic E-state index is 5.74. The highest BCUT2D eigenvalue weighted by atomic mass is 127. The molecular weight excluding hydrogens is 421 g/mol. The van der Waals surface area contributed by atoms with Crippen LogP contribution in [0.4, 0.5) is 0 Å². The van der Waals surface area contributed by atoms with E-state index in [-0.39, 0.29) is 29.4 Å². The van der Waals surface area contributed by atoms with Crippen LogP contribution in [0.1, 0.15) is 49.8 Å². The quantitative estimate of drug-likeness (QED) is 0.426. The fourth-order valence-corrected chi connectivity index (χ4v) is 1.89. The van der Waals surface area contributed by atoms with Gasteiger partial charge in [-0.1, -0.05) is 20.8 Å². The van der Waals surface area contributed by atoms with Crippen LogP contribution in [0.15, 0.2) is 20.0 Å². The van der Waals surface area contributed by atoms with Crippen molar-refractivity contribution in [3.05, 3.63) is 35.2 Å². The zero-order chi connectivity index (χ0) is 17.0. The average Bonchev–Trinajstić information content (AvgIpc) is 3.06. The average molecular weight is 447 g/mol. The Bertz CT molecular complexity index is 665. The number of halogens is 1. The first-order valence-electron chi connectivity index (χ1n) is 7.62. The minimum atomic E-state index is -0.0498. The molecular formula is C16H26IN5O2. The van der Waals surface area contributed by atoms with Crippen molar-refractivity contribution in [3.8, 4) is 0 Å². The number of nitrogens with one attached hydrogen (secondary N) is 2. The normalized spacial score (nSPS) is 12.0. The van der Waals surface area contributed by atoms with Gasteiger partial charge in [-0.2, -0.15) is 0 Å². The Balaban J connectivity index is 0.00000288. The van der Waals surface area contributed by atoms with Crippen LogP contribution in [0.25, 0.3) is 0 Å². The second-order valence-corrected chi connectivity index (χ2v) is 6.40. The van der Waals surface area contributed by atoms with E-state index >= 15 is 0 Å². The van der Waals surface area contributed by atoms with Gasteiger partial charge in [0, 0.05) is 12.5 Å². The number of rotatable bonds is 4. The standard InChI is InChI=1S/C16H25N5O2.HI/c1-10-11(2)22-14(21-10)9-20-15(17-6)19-8-13-18-7-12(23-13)16(3,4)5;/h7H,8-9H2,1-6H3,(H2,17,19,20);1H. The van der Waals surface area contributed by atoms with Gasteiger partial charge in [0.25, 0.3) is 0 Å². The molecule has 24 heavy (non-hydrogen) atoms. The Morgan fingerprint density at radius 2 is 1.75 bits per heavy atom. The molecule has 0 radical (unpaired) electrons. The van der Waals surface area contributed by atoms with Gasteiger partial charge in [0.1, 0.15) is 11.5 Å². The van der Waals surface area contributed by atoms with Crippen molar-refractivity contribution in [1.29, 1.82) is 0 Å². The monoisotopic (exact) mass is 447 g/mol. The van der Waals surface area contributed by atoms with Crippen LogP contribution in [0, 0.1) is 13.8 Å². The van der Waals surface area contributed by atoms with Gasteiger partial charge in [0.15, 0.2) is 5.96 Å². The molecule has 2 N–H and O–H groups in total. The molecule has 0 atom stereocenters. The van der Waals surface area contributed by atoms with Crippen LogP contribution in [-0.4, -0.2) is 23.0 Å². The summed E-state index contributed by atoms with van der Waals surface area (Å²) in [5, 5.41) is 6.30. The highest BCUT2D eigenvalue weighted by Crippen LogP contribution is 2.22. The molecule has 0 saturated carbocycles. The van der Waals surface area contributed by atoms with Crippen molar-refractivity contribution in [3.63, 3.8) is 0 Å². The second kappa shape index (κ2) is 8.50. The predicted octanol–water partition coefficient (Wildman–Crippen LogP) is 3.06. The van der Waals surface area contributed by atoms with Gasteiger partial charge in [-0.3, -0.25) is 4.99 Å². The molecule has 2 rings (SSSR count). The van der Waals surface area contributed by atoms with E-state index in [0.717, 1.165) is 17.2 Å². The summed E-state index contributed by atoms with van der Waals surface area (Å²) in [6.45, 7) is 11.0. The Labute approximate surface area is 159 Å². The molecule has 134 valence electrons. The Morgan fingerprint density at radius 1 is 1.12 bits per heavy atom. The molecule has 0 aromatic carbocycles. The molecule has 0 unspecified atom stereocenters. The van der Waals surface area contributed by atoms with E-state index in [0.29, 0.717) is 30.8 Å². The zero-order valence-electron chi connectivity index (χ0n) is 15.1. The van der Waals surface area contributed by atoms with Gasteiger partial charge in [-0.05, 0) is 13.8 Å². The zero-order valence-corrected chi connectivity index (χ0v) is 17.4. The van der Waals surface area contributed by atoms with Gasteiger partial charge >= 0.3 is 0 Å². The van der Waals surface area contributed by atoms with E-state index in [4.69, 9.17) is 8.83 Å². The van der Waals surface area contributed by atoms with Gasteiger partial charge in [-0.25, -0.2) is 9.97 Å². The molecule has 2 heterocycles. The number of hydrogen-bond donors (Lipinski definition) is 2. The third-order valence-electron chi connectivity index (χ3n) is 3.40. The van der Waals surface area contributed by atoms with Crippen LogP contribution in [0.3, 0.4) is 0 Å². The number of hydrogen-bond acceptors (Lipinski definition) is 5. The Morgan fingerprint density at radius 3 is 2.21 bits per heavy atom. The summed E-state index contributed by atoms with van der Waals surface area (Å²) in [4.78, 5) is 12.8. The van der Waals surface area contributed by atoms with Crippen molar-refractivity contribution in [1.82, 2.24) is 20.6 Å². The smallest absolute Gasteiger partial charge is 0.214 e.